The van der Waals surface area contributed by atoms with Gasteiger partial charge in [0.2, 0.25) is 5.91 Å². The molecule has 2 aliphatic rings. The van der Waals surface area contributed by atoms with Crippen LogP contribution in [0, 0.1) is 5.82 Å². The average Bonchev–Trinajstić information content (AvgIpc) is 3.02. The Labute approximate surface area is 178 Å². The lowest BCUT2D eigenvalue weighted by atomic mass is 10.0. The van der Waals surface area contributed by atoms with Gasteiger partial charge in [-0.2, -0.15) is 0 Å². The van der Waals surface area contributed by atoms with Crippen molar-refractivity contribution in [3.63, 3.8) is 0 Å². The zero-order chi connectivity index (χ0) is 22.0. The molecule has 0 atom stereocenters. The van der Waals surface area contributed by atoms with Crippen molar-refractivity contribution in [1.29, 1.82) is 0 Å². The van der Waals surface area contributed by atoms with E-state index in [4.69, 9.17) is 0 Å². The minimum absolute atomic E-state index is 0.0217. The molecule has 1 saturated heterocycles. The van der Waals surface area contributed by atoms with Crippen molar-refractivity contribution in [1.82, 2.24) is 15.1 Å². The van der Waals surface area contributed by atoms with E-state index >= 15 is 0 Å². The molecule has 2 aromatic carbocycles. The van der Waals surface area contributed by atoms with Gasteiger partial charge in [0.1, 0.15) is 5.82 Å². The molecule has 1 fully saturated rings. The number of rotatable bonds is 5. The number of hydrogen-bond acceptors (Lipinski definition) is 4. The van der Waals surface area contributed by atoms with Gasteiger partial charge in [-0.25, -0.2) is 4.39 Å². The van der Waals surface area contributed by atoms with E-state index in [9.17, 15) is 23.6 Å². The molecular weight excluding hydrogens is 401 g/mol. The van der Waals surface area contributed by atoms with Crippen LogP contribution in [0.5, 0.6) is 0 Å². The molecule has 0 aliphatic carbocycles. The molecule has 7 nitrogen and oxygen atoms in total. The minimum Gasteiger partial charge on any atom is -0.353 e. The molecule has 0 radical (unpaired) electrons. The Morgan fingerprint density at radius 3 is 2.23 bits per heavy atom. The summed E-state index contributed by atoms with van der Waals surface area (Å²) in [6.07, 6.45) is 1.19. The number of amides is 4. The lowest BCUT2D eigenvalue weighted by molar-refractivity contribution is -0.122. The lowest BCUT2D eigenvalue weighted by Crippen LogP contribution is -2.47. The highest BCUT2D eigenvalue weighted by Gasteiger charge is 2.35. The minimum atomic E-state index is -0.453. The maximum absolute atomic E-state index is 13.3. The Morgan fingerprint density at radius 2 is 1.61 bits per heavy atom. The Bertz CT molecular complexity index is 1010. The summed E-state index contributed by atoms with van der Waals surface area (Å²) in [7, 11) is 0. The van der Waals surface area contributed by atoms with Crippen molar-refractivity contribution < 1.29 is 23.6 Å². The van der Waals surface area contributed by atoms with Crippen LogP contribution in [-0.2, 0) is 4.79 Å². The number of fused-ring (bicyclic) bond motifs is 1. The van der Waals surface area contributed by atoms with E-state index in [1.807, 2.05) is 0 Å². The predicted molar refractivity (Wildman–Crippen MR) is 110 cm³/mol. The van der Waals surface area contributed by atoms with Gasteiger partial charge in [0.15, 0.2) is 0 Å². The molecule has 2 heterocycles. The van der Waals surface area contributed by atoms with Gasteiger partial charge in [0, 0.05) is 37.7 Å². The molecule has 0 saturated carbocycles. The smallest absolute Gasteiger partial charge is 0.261 e. The van der Waals surface area contributed by atoms with Gasteiger partial charge in [0.25, 0.3) is 17.7 Å². The van der Waals surface area contributed by atoms with Crippen LogP contribution in [0.15, 0.2) is 48.5 Å². The molecule has 1 N–H and O–H groups in total. The summed E-state index contributed by atoms with van der Waals surface area (Å²) in [4.78, 5) is 52.3. The van der Waals surface area contributed by atoms with Crippen molar-refractivity contribution in [2.24, 2.45) is 0 Å². The van der Waals surface area contributed by atoms with Crippen LogP contribution in [0.1, 0.15) is 50.3 Å². The summed E-state index contributed by atoms with van der Waals surface area (Å²) in [5.41, 5.74) is 1.04. The maximum Gasteiger partial charge on any atom is 0.261 e. The normalized spacial score (nSPS) is 16.4. The van der Waals surface area contributed by atoms with Crippen LogP contribution in [0.25, 0.3) is 0 Å². The van der Waals surface area contributed by atoms with E-state index < -0.39 is 5.82 Å². The lowest BCUT2D eigenvalue weighted by Gasteiger charge is -2.32. The Kier molecular flexibility index (Phi) is 5.79. The Morgan fingerprint density at radius 1 is 0.968 bits per heavy atom. The standard InChI is InChI=1S/C23H22FN3O4/c24-16-5-3-4-15(14-16)21(29)26-11-8-17(9-12-26)25-20(28)10-13-27-22(30)18-6-1-2-7-19(18)23(27)31/h1-7,14,17H,8-13H2,(H,25,28). The first-order valence-corrected chi connectivity index (χ1v) is 10.2. The molecule has 31 heavy (non-hydrogen) atoms. The van der Waals surface area contributed by atoms with Crippen molar-refractivity contribution in [2.45, 2.75) is 25.3 Å². The van der Waals surface area contributed by atoms with Crippen LogP contribution in [0.2, 0.25) is 0 Å². The van der Waals surface area contributed by atoms with Crippen LogP contribution in [-0.4, -0.2) is 59.1 Å². The summed E-state index contributed by atoms with van der Waals surface area (Å²) in [6.45, 7) is 0.937. The molecule has 0 bridgehead atoms. The van der Waals surface area contributed by atoms with Crippen molar-refractivity contribution in [3.8, 4) is 0 Å². The summed E-state index contributed by atoms with van der Waals surface area (Å²) < 4.78 is 13.3. The number of benzene rings is 2. The van der Waals surface area contributed by atoms with E-state index in [1.165, 1.54) is 18.2 Å². The fourth-order valence-electron chi connectivity index (χ4n) is 3.99. The number of likely N-dealkylation sites (tertiary alicyclic amines) is 1. The van der Waals surface area contributed by atoms with Gasteiger partial charge in [-0.3, -0.25) is 24.1 Å². The Balaban J connectivity index is 1.24. The molecule has 0 aromatic heterocycles. The zero-order valence-electron chi connectivity index (χ0n) is 16.8. The summed E-state index contributed by atoms with van der Waals surface area (Å²) in [5, 5.41) is 2.92. The van der Waals surface area contributed by atoms with Crippen molar-refractivity contribution >= 4 is 23.6 Å². The summed E-state index contributed by atoms with van der Waals surface area (Å²) in [5.74, 6) is -1.68. The van der Waals surface area contributed by atoms with E-state index in [-0.39, 0.29) is 42.6 Å². The number of hydrogen-bond donors (Lipinski definition) is 1. The zero-order valence-corrected chi connectivity index (χ0v) is 16.8. The molecule has 2 aromatic rings. The summed E-state index contributed by atoms with van der Waals surface area (Å²) >= 11 is 0. The van der Waals surface area contributed by atoms with Gasteiger partial charge in [-0.05, 0) is 43.2 Å². The predicted octanol–water partition coefficient (Wildman–Crippen LogP) is 2.23. The third kappa shape index (κ3) is 4.33. The van der Waals surface area contributed by atoms with Crippen LogP contribution < -0.4 is 5.32 Å². The van der Waals surface area contributed by atoms with E-state index in [0.717, 1.165) is 4.90 Å². The molecule has 160 valence electrons. The molecule has 0 spiro atoms. The first-order chi connectivity index (χ1) is 14.9. The number of carbonyl (C=O) groups is 4. The maximum atomic E-state index is 13.3. The van der Waals surface area contributed by atoms with Gasteiger partial charge >= 0.3 is 0 Å². The number of nitrogens with one attached hydrogen (secondary N) is 1. The second-order valence-corrected chi connectivity index (χ2v) is 7.70. The highest BCUT2D eigenvalue weighted by atomic mass is 19.1. The first kappa shape index (κ1) is 20.7. The summed E-state index contributed by atoms with van der Waals surface area (Å²) in [6, 6.07) is 12.1. The fourth-order valence-corrected chi connectivity index (χ4v) is 3.99. The van der Waals surface area contributed by atoms with Gasteiger partial charge in [0.05, 0.1) is 11.1 Å². The SMILES string of the molecule is O=C(CCN1C(=O)c2ccccc2C1=O)NC1CCN(C(=O)c2cccc(F)c2)CC1. The Hall–Kier alpha value is -3.55. The first-order valence-electron chi connectivity index (χ1n) is 10.2. The van der Waals surface area contributed by atoms with Crippen LogP contribution in [0.3, 0.4) is 0 Å². The average molecular weight is 423 g/mol. The van der Waals surface area contributed by atoms with Crippen molar-refractivity contribution in [2.75, 3.05) is 19.6 Å². The molecule has 4 amide bonds. The largest absolute Gasteiger partial charge is 0.353 e. The second kappa shape index (κ2) is 8.67. The highest BCUT2D eigenvalue weighted by molar-refractivity contribution is 6.21. The number of nitrogens with zero attached hydrogens (tertiary/aromatic N) is 2. The molecule has 4 rings (SSSR count). The van der Waals surface area contributed by atoms with Crippen LogP contribution >= 0.6 is 0 Å². The number of piperidine rings is 1. The fraction of sp³-hybridized carbons (Fsp3) is 0.304. The monoisotopic (exact) mass is 423 g/mol. The van der Waals surface area contributed by atoms with Gasteiger partial charge in [-0.1, -0.05) is 18.2 Å². The van der Waals surface area contributed by atoms with Gasteiger partial charge in [-0.15, -0.1) is 0 Å². The number of carbonyl (C=O) groups excluding carboxylic acids is 4. The van der Waals surface area contributed by atoms with E-state index in [1.54, 1.807) is 35.2 Å². The quantitative estimate of drug-likeness (QED) is 0.748. The molecule has 8 heteroatoms. The van der Waals surface area contributed by atoms with Crippen LogP contribution in [0.4, 0.5) is 4.39 Å². The topological polar surface area (TPSA) is 86.8 Å². The highest BCUT2D eigenvalue weighted by Crippen LogP contribution is 2.22. The molecular formula is C23H22FN3O4. The van der Waals surface area contributed by atoms with Crippen molar-refractivity contribution in [3.05, 3.63) is 71.0 Å². The third-order valence-electron chi connectivity index (χ3n) is 5.66. The number of imide groups is 1. The second-order valence-electron chi connectivity index (χ2n) is 7.70. The van der Waals surface area contributed by atoms with Gasteiger partial charge < -0.3 is 10.2 Å². The molecule has 0 unspecified atom stereocenters. The third-order valence-corrected chi connectivity index (χ3v) is 5.66. The number of halogens is 1. The van der Waals surface area contributed by atoms with E-state index in [0.29, 0.717) is 42.6 Å². The van der Waals surface area contributed by atoms with E-state index in [2.05, 4.69) is 5.32 Å². The molecule has 2 aliphatic heterocycles.